The van der Waals surface area contributed by atoms with E-state index in [0.29, 0.717) is 17.9 Å². The molecule has 1 fully saturated rings. The average molecular weight is 246 g/mol. The Morgan fingerprint density at radius 1 is 1.61 bits per heavy atom. The Bertz CT molecular complexity index is 587. The van der Waals surface area contributed by atoms with Crippen LogP contribution in [0.25, 0.3) is 5.65 Å². The molecule has 6 nitrogen and oxygen atoms in total. The summed E-state index contributed by atoms with van der Waals surface area (Å²) in [5, 5.41) is 6.94. The van der Waals surface area contributed by atoms with Crippen LogP contribution in [0, 0.1) is 6.92 Å². The van der Waals surface area contributed by atoms with Crippen molar-refractivity contribution in [2.24, 2.45) is 0 Å². The molecule has 2 aromatic heterocycles. The molecule has 0 saturated carbocycles. The number of rotatable bonds is 2. The molecule has 1 amide bonds. The summed E-state index contributed by atoms with van der Waals surface area (Å²) in [6.45, 7) is 2.59. The number of ether oxygens (including phenoxy) is 1. The first-order valence-corrected chi connectivity index (χ1v) is 5.97. The van der Waals surface area contributed by atoms with Crippen molar-refractivity contribution in [3.8, 4) is 0 Å². The van der Waals surface area contributed by atoms with Crippen LogP contribution in [0.3, 0.4) is 0 Å². The smallest absolute Gasteiger partial charge is 0.253 e. The highest BCUT2D eigenvalue weighted by Crippen LogP contribution is 2.21. The second kappa shape index (κ2) is 4.38. The van der Waals surface area contributed by atoms with Gasteiger partial charge in [0.1, 0.15) is 12.4 Å². The van der Waals surface area contributed by atoms with Gasteiger partial charge in [-0.2, -0.15) is 5.10 Å². The van der Waals surface area contributed by atoms with Gasteiger partial charge in [-0.05, 0) is 31.4 Å². The first-order chi connectivity index (χ1) is 8.75. The lowest BCUT2D eigenvalue weighted by Gasteiger charge is -2.12. The number of carbonyl (C=O) groups excluding carboxylic acids is 1. The monoisotopic (exact) mass is 246 g/mol. The summed E-state index contributed by atoms with van der Waals surface area (Å²) in [4.78, 5) is 16.2. The fraction of sp³-hybridized carbons (Fsp3) is 0.417. The molecule has 2 aromatic rings. The quantitative estimate of drug-likeness (QED) is 0.863. The van der Waals surface area contributed by atoms with E-state index in [1.54, 1.807) is 4.52 Å². The number of amides is 1. The summed E-state index contributed by atoms with van der Waals surface area (Å²) >= 11 is 0. The number of nitrogens with one attached hydrogen (secondary N) is 1. The van der Waals surface area contributed by atoms with Crippen molar-refractivity contribution in [2.45, 2.75) is 25.9 Å². The Morgan fingerprint density at radius 3 is 3.28 bits per heavy atom. The number of pyridine rings is 1. The summed E-state index contributed by atoms with van der Waals surface area (Å²) < 4.78 is 7.00. The molecule has 1 aliphatic rings. The van der Waals surface area contributed by atoms with Gasteiger partial charge in [-0.3, -0.25) is 4.79 Å². The van der Waals surface area contributed by atoms with Crippen LogP contribution in [-0.2, 0) is 9.53 Å². The van der Waals surface area contributed by atoms with Gasteiger partial charge < -0.3 is 10.1 Å². The maximum Gasteiger partial charge on any atom is 0.253 e. The summed E-state index contributed by atoms with van der Waals surface area (Å²) in [6, 6.07) is 1.90. The van der Waals surface area contributed by atoms with Gasteiger partial charge in [-0.1, -0.05) is 0 Å². The normalized spacial score (nSPS) is 19.3. The van der Waals surface area contributed by atoms with E-state index in [1.165, 1.54) is 6.33 Å². The van der Waals surface area contributed by atoms with Crippen LogP contribution in [0.2, 0.25) is 0 Å². The third-order valence-electron chi connectivity index (χ3n) is 3.13. The van der Waals surface area contributed by atoms with Crippen LogP contribution in [0.4, 0.5) is 5.69 Å². The summed E-state index contributed by atoms with van der Waals surface area (Å²) in [6.07, 6.45) is 4.66. The third-order valence-corrected chi connectivity index (χ3v) is 3.13. The van der Waals surface area contributed by atoms with Crippen molar-refractivity contribution in [1.29, 1.82) is 0 Å². The molecule has 94 valence electrons. The lowest BCUT2D eigenvalue weighted by molar-refractivity contribution is -0.124. The minimum Gasteiger partial charge on any atom is -0.368 e. The van der Waals surface area contributed by atoms with Crippen LogP contribution in [0.5, 0.6) is 0 Å². The largest absolute Gasteiger partial charge is 0.368 e. The predicted octanol–water partition coefficient (Wildman–Crippen LogP) is 1.16. The summed E-state index contributed by atoms with van der Waals surface area (Å²) in [5.41, 5.74) is 2.32. The van der Waals surface area contributed by atoms with Gasteiger partial charge >= 0.3 is 0 Å². The number of anilines is 1. The summed E-state index contributed by atoms with van der Waals surface area (Å²) in [5.74, 6) is -0.105. The summed E-state index contributed by atoms with van der Waals surface area (Å²) in [7, 11) is 0. The van der Waals surface area contributed by atoms with E-state index < -0.39 is 0 Å². The highest BCUT2D eigenvalue weighted by Gasteiger charge is 2.24. The molecular formula is C12H14N4O2. The molecule has 18 heavy (non-hydrogen) atoms. The number of aromatic nitrogens is 3. The first kappa shape index (κ1) is 11.2. The minimum atomic E-state index is -0.340. The topological polar surface area (TPSA) is 68.5 Å². The molecule has 1 aliphatic heterocycles. The van der Waals surface area contributed by atoms with Gasteiger partial charge in [0, 0.05) is 12.8 Å². The number of hydrogen-bond donors (Lipinski definition) is 1. The number of aryl methyl sites for hydroxylation is 1. The van der Waals surface area contributed by atoms with Gasteiger partial charge in [0.05, 0.1) is 5.69 Å². The van der Waals surface area contributed by atoms with E-state index in [2.05, 4.69) is 15.4 Å². The second-order valence-electron chi connectivity index (χ2n) is 4.39. The fourth-order valence-electron chi connectivity index (χ4n) is 2.12. The third kappa shape index (κ3) is 1.84. The second-order valence-corrected chi connectivity index (χ2v) is 4.39. The van der Waals surface area contributed by atoms with Crippen LogP contribution in [0.1, 0.15) is 18.4 Å². The molecule has 1 atom stereocenters. The zero-order chi connectivity index (χ0) is 12.5. The van der Waals surface area contributed by atoms with E-state index in [1.807, 2.05) is 19.2 Å². The van der Waals surface area contributed by atoms with Gasteiger partial charge in [-0.25, -0.2) is 9.50 Å². The molecule has 0 spiro atoms. The van der Waals surface area contributed by atoms with E-state index in [0.717, 1.165) is 18.4 Å². The van der Waals surface area contributed by atoms with Crippen molar-refractivity contribution in [3.63, 3.8) is 0 Å². The zero-order valence-electron chi connectivity index (χ0n) is 10.1. The van der Waals surface area contributed by atoms with Crippen molar-refractivity contribution in [2.75, 3.05) is 11.9 Å². The average Bonchev–Trinajstić information content (AvgIpc) is 3.02. The molecule has 0 aliphatic carbocycles. The Morgan fingerprint density at radius 2 is 2.50 bits per heavy atom. The van der Waals surface area contributed by atoms with Crippen LogP contribution in [-0.4, -0.2) is 33.2 Å². The Balaban J connectivity index is 1.91. The van der Waals surface area contributed by atoms with Crippen LogP contribution >= 0.6 is 0 Å². The molecular weight excluding hydrogens is 232 g/mol. The van der Waals surface area contributed by atoms with E-state index >= 15 is 0 Å². The van der Waals surface area contributed by atoms with Gasteiger partial charge in [0.15, 0.2) is 5.65 Å². The molecule has 0 unspecified atom stereocenters. The van der Waals surface area contributed by atoms with Gasteiger partial charge in [0.25, 0.3) is 5.91 Å². The zero-order valence-corrected chi connectivity index (χ0v) is 10.1. The number of fused-ring (bicyclic) bond motifs is 1. The molecule has 3 heterocycles. The SMILES string of the molecule is Cc1ccn2ncnc2c1NC(=O)[C@H]1CCCO1. The maximum atomic E-state index is 12.0. The van der Waals surface area contributed by atoms with Crippen LogP contribution < -0.4 is 5.32 Å². The molecule has 3 rings (SSSR count). The van der Waals surface area contributed by atoms with Crippen LogP contribution in [0.15, 0.2) is 18.6 Å². The Kier molecular flexibility index (Phi) is 2.71. The molecule has 6 heteroatoms. The molecule has 1 saturated heterocycles. The number of hydrogen-bond acceptors (Lipinski definition) is 4. The van der Waals surface area contributed by atoms with Gasteiger partial charge in [-0.15, -0.1) is 0 Å². The molecule has 0 bridgehead atoms. The van der Waals surface area contributed by atoms with Crippen molar-refractivity contribution in [3.05, 3.63) is 24.2 Å². The van der Waals surface area contributed by atoms with E-state index in [-0.39, 0.29) is 12.0 Å². The highest BCUT2D eigenvalue weighted by molar-refractivity contribution is 5.98. The van der Waals surface area contributed by atoms with Crippen molar-refractivity contribution >= 4 is 17.2 Å². The number of carbonyl (C=O) groups is 1. The van der Waals surface area contributed by atoms with E-state index in [4.69, 9.17) is 4.74 Å². The predicted molar refractivity (Wildman–Crippen MR) is 65.3 cm³/mol. The standard InChI is InChI=1S/C12H14N4O2/c1-8-4-5-16-11(13-7-14-16)10(8)15-12(17)9-3-2-6-18-9/h4-5,7,9H,2-3,6H2,1H3,(H,15,17)/t9-/m1/s1. The molecule has 0 radical (unpaired) electrons. The Labute approximate surface area is 104 Å². The van der Waals surface area contributed by atoms with Gasteiger partial charge in [0.2, 0.25) is 0 Å². The fourth-order valence-corrected chi connectivity index (χ4v) is 2.12. The lowest BCUT2D eigenvalue weighted by Crippen LogP contribution is -2.27. The highest BCUT2D eigenvalue weighted by atomic mass is 16.5. The minimum absolute atomic E-state index is 0.105. The Hall–Kier alpha value is -1.95. The van der Waals surface area contributed by atoms with Crippen molar-refractivity contribution in [1.82, 2.24) is 14.6 Å². The van der Waals surface area contributed by atoms with E-state index in [9.17, 15) is 4.79 Å². The molecule has 0 aromatic carbocycles. The van der Waals surface area contributed by atoms with Crippen molar-refractivity contribution < 1.29 is 9.53 Å². The lowest BCUT2D eigenvalue weighted by atomic mass is 10.2. The first-order valence-electron chi connectivity index (χ1n) is 5.97. The number of nitrogens with zero attached hydrogens (tertiary/aromatic N) is 3. The molecule has 1 N–H and O–H groups in total. The maximum absolute atomic E-state index is 12.0.